The summed E-state index contributed by atoms with van der Waals surface area (Å²) in [7, 11) is 0. The van der Waals surface area contributed by atoms with Crippen molar-refractivity contribution in [2.24, 2.45) is 17.6 Å². The SMILES string of the molecule is NCCn1cc(C(=O)N[C@@H]2CC[C@H]3CCC[C@H]32)nn1. The van der Waals surface area contributed by atoms with E-state index in [1.807, 2.05) is 0 Å². The summed E-state index contributed by atoms with van der Waals surface area (Å²) in [5, 5.41) is 10.9. The molecule has 2 saturated carbocycles. The Labute approximate surface area is 112 Å². The van der Waals surface area contributed by atoms with Crippen molar-refractivity contribution in [1.29, 1.82) is 0 Å². The lowest BCUT2D eigenvalue weighted by atomic mass is 9.97. The van der Waals surface area contributed by atoms with Gasteiger partial charge in [-0.2, -0.15) is 0 Å². The van der Waals surface area contributed by atoms with Crippen molar-refractivity contribution >= 4 is 5.91 Å². The summed E-state index contributed by atoms with van der Waals surface area (Å²) in [6.45, 7) is 1.09. The van der Waals surface area contributed by atoms with Crippen LogP contribution in [0.4, 0.5) is 0 Å². The van der Waals surface area contributed by atoms with E-state index in [0.29, 0.717) is 30.7 Å². The number of hydrogen-bond acceptors (Lipinski definition) is 4. The maximum atomic E-state index is 12.1. The Kier molecular flexibility index (Phi) is 3.50. The van der Waals surface area contributed by atoms with Gasteiger partial charge in [-0.1, -0.05) is 18.1 Å². The average Bonchev–Trinajstić information content (AvgIpc) is 3.07. The van der Waals surface area contributed by atoms with E-state index in [1.54, 1.807) is 10.9 Å². The number of nitrogens with zero attached hydrogens (tertiary/aromatic N) is 3. The van der Waals surface area contributed by atoms with Gasteiger partial charge in [0.25, 0.3) is 5.91 Å². The van der Waals surface area contributed by atoms with E-state index in [1.165, 1.54) is 25.7 Å². The van der Waals surface area contributed by atoms with Gasteiger partial charge in [-0.05, 0) is 31.1 Å². The van der Waals surface area contributed by atoms with Crippen molar-refractivity contribution in [3.8, 4) is 0 Å². The minimum atomic E-state index is -0.0965. The number of hydrogen-bond donors (Lipinski definition) is 2. The zero-order chi connectivity index (χ0) is 13.2. The minimum Gasteiger partial charge on any atom is -0.348 e. The van der Waals surface area contributed by atoms with Crippen molar-refractivity contribution in [3.63, 3.8) is 0 Å². The lowest BCUT2D eigenvalue weighted by Crippen LogP contribution is -2.37. The van der Waals surface area contributed by atoms with Crippen molar-refractivity contribution in [1.82, 2.24) is 20.3 Å². The molecule has 1 aromatic rings. The van der Waals surface area contributed by atoms with Gasteiger partial charge >= 0.3 is 0 Å². The quantitative estimate of drug-likeness (QED) is 0.830. The van der Waals surface area contributed by atoms with Crippen LogP contribution >= 0.6 is 0 Å². The van der Waals surface area contributed by atoms with Gasteiger partial charge in [-0.3, -0.25) is 9.48 Å². The summed E-state index contributed by atoms with van der Waals surface area (Å²) in [6.07, 6.45) is 7.95. The Morgan fingerprint density at radius 3 is 3.16 bits per heavy atom. The van der Waals surface area contributed by atoms with Gasteiger partial charge in [0.15, 0.2) is 5.69 Å². The summed E-state index contributed by atoms with van der Waals surface area (Å²) in [6, 6.07) is 0.333. The Bertz CT molecular complexity index is 458. The number of carbonyl (C=O) groups excluding carboxylic acids is 1. The molecule has 19 heavy (non-hydrogen) atoms. The van der Waals surface area contributed by atoms with Crippen LogP contribution in [0.25, 0.3) is 0 Å². The van der Waals surface area contributed by atoms with Gasteiger partial charge in [-0.25, -0.2) is 0 Å². The second kappa shape index (κ2) is 5.28. The molecule has 0 spiro atoms. The summed E-state index contributed by atoms with van der Waals surface area (Å²) in [5.74, 6) is 1.42. The molecule has 2 aliphatic carbocycles. The largest absolute Gasteiger partial charge is 0.348 e. The number of aromatic nitrogens is 3. The van der Waals surface area contributed by atoms with E-state index in [4.69, 9.17) is 5.73 Å². The van der Waals surface area contributed by atoms with E-state index in [2.05, 4.69) is 15.6 Å². The molecule has 6 heteroatoms. The summed E-state index contributed by atoms with van der Waals surface area (Å²) in [4.78, 5) is 12.1. The highest BCUT2D eigenvalue weighted by atomic mass is 16.2. The predicted molar refractivity (Wildman–Crippen MR) is 70.4 cm³/mol. The maximum absolute atomic E-state index is 12.1. The van der Waals surface area contributed by atoms with Crippen molar-refractivity contribution in [2.45, 2.75) is 44.7 Å². The Morgan fingerprint density at radius 2 is 2.32 bits per heavy atom. The van der Waals surface area contributed by atoms with Crippen LogP contribution in [0.2, 0.25) is 0 Å². The molecule has 2 fully saturated rings. The molecule has 6 nitrogen and oxygen atoms in total. The highest BCUT2D eigenvalue weighted by molar-refractivity contribution is 5.92. The second-order valence-corrected chi connectivity index (χ2v) is 5.67. The highest BCUT2D eigenvalue weighted by Crippen LogP contribution is 2.43. The maximum Gasteiger partial charge on any atom is 0.273 e. The van der Waals surface area contributed by atoms with Gasteiger partial charge in [0.05, 0.1) is 12.7 Å². The number of nitrogens with one attached hydrogen (secondary N) is 1. The number of fused-ring (bicyclic) bond motifs is 1. The normalized spacial score (nSPS) is 29.4. The van der Waals surface area contributed by atoms with Gasteiger partial charge in [0.2, 0.25) is 0 Å². The fourth-order valence-corrected chi connectivity index (χ4v) is 3.63. The molecule has 0 unspecified atom stereocenters. The molecule has 3 rings (SSSR count). The Hall–Kier alpha value is -1.43. The first-order valence-corrected chi connectivity index (χ1v) is 7.19. The Balaban J connectivity index is 1.61. The smallest absolute Gasteiger partial charge is 0.273 e. The molecule has 0 saturated heterocycles. The fourth-order valence-electron chi connectivity index (χ4n) is 3.63. The van der Waals surface area contributed by atoms with Crippen LogP contribution in [0, 0.1) is 11.8 Å². The number of nitrogens with two attached hydrogens (primary N) is 1. The van der Waals surface area contributed by atoms with E-state index in [0.717, 1.165) is 12.3 Å². The van der Waals surface area contributed by atoms with Crippen LogP contribution in [-0.2, 0) is 6.54 Å². The predicted octanol–water partition coefficient (Wildman–Crippen LogP) is 0.545. The second-order valence-electron chi connectivity index (χ2n) is 5.67. The first-order chi connectivity index (χ1) is 9.28. The van der Waals surface area contributed by atoms with E-state index >= 15 is 0 Å². The molecule has 0 radical (unpaired) electrons. The zero-order valence-electron chi connectivity index (χ0n) is 11.1. The van der Waals surface area contributed by atoms with Crippen molar-refractivity contribution < 1.29 is 4.79 Å². The average molecular weight is 263 g/mol. The zero-order valence-corrected chi connectivity index (χ0v) is 11.1. The molecule has 3 N–H and O–H groups in total. The monoisotopic (exact) mass is 263 g/mol. The van der Waals surface area contributed by atoms with Gasteiger partial charge in [0.1, 0.15) is 0 Å². The van der Waals surface area contributed by atoms with Crippen LogP contribution < -0.4 is 11.1 Å². The molecule has 0 aliphatic heterocycles. The lowest BCUT2D eigenvalue weighted by Gasteiger charge is -2.19. The fraction of sp³-hybridized carbons (Fsp3) is 0.769. The third-order valence-electron chi connectivity index (χ3n) is 4.53. The molecule has 104 valence electrons. The molecular formula is C13H21N5O. The topological polar surface area (TPSA) is 85.8 Å². The molecule has 0 bridgehead atoms. The third-order valence-corrected chi connectivity index (χ3v) is 4.53. The summed E-state index contributed by atoms with van der Waals surface area (Å²) in [5.41, 5.74) is 5.85. The molecular weight excluding hydrogens is 242 g/mol. The van der Waals surface area contributed by atoms with Crippen LogP contribution in [0.3, 0.4) is 0 Å². The van der Waals surface area contributed by atoms with Crippen LogP contribution in [0.1, 0.15) is 42.6 Å². The van der Waals surface area contributed by atoms with Crippen LogP contribution in [0.15, 0.2) is 6.20 Å². The van der Waals surface area contributed by atoms with Gasteiger partial charge in [0, 0.05) is 12.6 Å². The minimum absolute atomic E-state index is 0.0965. The lowest BCUT2D eigenvalue weighted by molar-refractivity contribution is 0.0921. The molecule has 0 aromatic carbocycles. The molecule has 1 heterocycles. The molecule has 3 atom stereocenters. The van der Waals surface area contributed by atoms with Gasteiger partial charge < -0.3 is 11.1 Å². The summed E-state index contributed by atoms with van der Waals surface area (Å²) < 4.78 is 1.61. The number of amides is 1. The molecule has 2 aliphatic rings. The van der Waals surface area contributed by atoms with Crippen molar-refractivity contribution in [3.05, 3.63) is 11.9 Å². The van der Waals surface area contributed by atoms with Gasteiger partial charge in [-0.15, -0.1) is 5.10 Å². The van der Waals surface area contributed by atoms with E-state index in [-0.39, 0.29) is 5.91 Å². The van der Waals surface area contributed by atoms with Crippen LogP contribution in [-0.4, -0.2) is 33.5 Å². The first-order valence-electron chi connectivity index (χ1n) is 7.19. The van der Waals surface area contributed by atoms with Crippen LogP contribution in [0.5, 0.6) is 0 Å². The highest BCUT2D eigenvalue weighted by Gasteiger charge is 2.39. The number of carbonyl (C=O) groups is 1. The molecule has 1 amide bonds. The van der Waals surface area contributed by atoms with E-state index < -0.39 is 0 Å². The Morgan fingerprint density at radius 1 is 1.42 bits per heavy atom. The summed E-state index contributed by atoms with van der Waals surface area (Å²) >= 11 is 0. The standard InChI is InChI=1S/C13H21N5O/c14-6-7-18-8-12(16-17-18)13(19)15-11-5-4-9-2-1-3-10(9)11/h8-11H,1-7,14H2,(H,15,19)/t9-,10-,11-/m1/s1. The number of rotatable bonds is 4. The molecule has 1 aromatic heterocycles. The van der Waals surface area contributed by atoms with E-state index in [9.17, 15) is 4.79 Å². The first kappa shape index (κ1) is 12.6. The third kappa shape index (κ3) is 2.49. The van der Waals surface area contributed by atoms with Crippen molar-refractivity contribution in [2.75, 3.05) is 6.54 Å².